The average molecular weight is 241 g/mol. The van der Waals surface area contributed by atoms with Crippen LogP contribution < -0.4 is 5.32 Å². The summed E-state index contributed by atoms with van der Waals surface area (Å²) in [6.07, 6.45) is 1.68. The molecule has 0 aliphatic heterocycles. The van der Waals surface area contributed by atoms with Crippen LogP contribution in [0.2, 0.25) is 0 Å². The fourth-order valence-electron chi connectivity index (χ4n) is 1.36. The number of urea groups is 1. The quantitative estimate of drug-likeness (QED) is 0.661. The van der Waals surface area contributed by atoms with E-state index < -0.39 is 18.0 Å². The molecule has 0 aromatic carbocycles. The van der Waals surface area contributed by atoms with Gasteiger partial charge in [0.2, 0.25) is 0 Å². The van der Waals surface area contributed by atoms with Crippen molar-refractivity contribution in [3.05, 3.63) is 12.2 Å². The molecule has 1 rings (SSSR count). The zero-order chi connectivity index (χ0) is 12.8. The van der Waals surface area contributed by atoms with Gasteiger partial charge in [-0.25, -0.2) is 14.6 Å². The van der Waals surface area contributed by atoms with E-state index in [0.29, 0.717) is 12.2 Å². The molecule has 0 aliphatic carbocycles. The number of aromatic amines is 1. The fraction of sp³-hybridized carbons (Fsp3) is 0.556. The molecule has 3 N–H and O–H groups in total. The van der Waals surface area contributed by atoms with Crippen LogP contribution >= 0.6 is 0 Å². The Morgan fingerprint density at radius 2 is 2.35 bits per heavy atom. The lowest BCUT2D eigenvalue weighted by molar-refractivity contribution is -0.141. The van der Waals surface area contributed by atoms with E-state index in [1.54, 1.807) is 6.92 Å². The number of rotatable bonds is 5. The average Bonchev–Trinajstić information content (AvgIpc) is 2.78. The molecule has 1 unspecified atom stereocenters. The second-order valence-electron chi connectivity index (χ2n) is 3.46. The van der Waals surface area contributed by atoms with Gasteiger partial charge in [-0.15, -0.1) is 0 Å². The third-order valence-corrected chi connectivity index (χ3v) is 2.33. The van der Waals surface area contributed by atoms with Crippen molar-refractivity contribution in [2.75, 3.05) is 7.05 Å². The minimum Gasteiger partial charge on any atom is -0.480 e. The summed E-state index contributed by atoms with van der Waals surface area (Å²) in [6, 6.07) is -1.29. The first-order valence-corrected chi connectivity index (χ1v) is 5.14. The van der Waals surface area contributed by atoms with Crippen molar-refractivity contribution in [2.24, 2.45) is 0 Å². The van der Waals surface area contributed by atoms with Gasteiger partial charge in [-0.05, 0) is 6.42 Å². The fourth-order valence-corrected chi connectivity index (χ4v) is 1.36. The first kappa shape index (κ1) is 12.9. The maximum Gasteiger partial charge on any atom is 0.326 e. The van der Waals surface area contributed by atoms with Crippen molar-refractivity contribution in [3.8, 4) is 0 Å². The third kappa shape index (κ3) is 3.44. The Morgan fingerprint density at radius 3 is 2.82 bits per heavy atom. The minimum absolute atomic E-state index is 0.180. The number of aliphatic carboxylic acids is 1. The van der Waals surface area contributed by atoms with Crippen LogP contribution in [0.1, 0.15) is 19.2 Å². The first-order chi connectivity index (χ1) is 8.06. The number of aromatic nitrogens is 3. The summed E-state index contributed by atoms with van der Waals surface area (Å²) in [6.45, 7) is 1.89. The van der Waals surface area contributed by atoms with Gasteiger partial charge >= 0.3 is 12.0 Å². The Labute approximate surface area is 98.0 Å². The number of carbonyl (C=O) groups is 2. The van der Waals surface area contributed by atoms with E-state index in [0.717, 1.165) is 4.90 Å². The van der Waals surface area contributed by atoms with Crippen molar-refractivity contribution in [3.63, 3.8) is 0 Å². The van der Waals surface area contributed by atoms with Crippen LogP contribution in [0.3, 0.4) is 0 Å². The van der Waals surface area contributed by atoms with Crippen molar-refractivity contribution in [1.82, 2.24) is 25.4 Å². The Balaban J connectivity index is 2.49. The van der Waals surface area contributed by atoms with Gasteiger partial charge in [0.1, 0.15) is 18.2 Å². The molecule has 1 aromatic rings. The van der Waals surface area contributed by atoms with Crippen LogP contribution in [-0.4, -0.2) is 50.3 Å². The van der Waals surface area contributed by atoms with Crippen LogP contribution in [0.25, 0.3) is 0 Å². The number of hydrogen-bond donors (Lipinski definition) is 3. The molecule has 8 nitrogen and oxygen atoms in total. The highest BCUT2D eigenvalue weighted by Gasteiger charge is 2.24. The molecule has 0 aliphatic rings. The third-order valence-electron chi connectivity index (χ3n) is 2.33. The van der Waals surface area contributed by atoms with Gasteiger partial charge in [0.25, 0.3) is 0 Å². The van der Waals surface area contributed by atoms with Gasteiger partial charge in [-0.2, -0.15) is 5.10 Å². The van der Waals surface area contributed by atoms with E-state index in [-0.39, 0.29) is 6.54 Å². The highest BCUT2D eigenvalue weighted by molar-refractivity contribution is 5.82. The number of likely N-dealkylation sites (N-methyl/N-ethyl adjacent to an activating group) is 1. The van der Waals surface area contributed by atoms with Crippen molar-refractivity contribution in [2.45, 2.75) is 25.9 Å². The van der Waals surface area contributed by atoms with Crippen LogP contribution in [-0.2, 0) is 11.3 Å². The highest BCUT2D eigenvalue weighted by Crippen LogP contribution is 2.02. The predicted molar refractivity (Wildman–Crippen MR) is 58.1 cm³/mol. The summed E-state index contributed by atoms with van der Waals surface area (Å²) >= 11 is 0. The van der Waals surface area contributed by atoms with E-state index in [9.17, 15) is 9.59 Å². The van der Waals surface area contributed by atoms with Gasteiger partial charge in [-0.1, -0.05) is 6.92 Å². The Kier molecular flexibility index (Phi) is 4.44. The normalized spacial score (nSPS) is 11.9. The maximum atomic E-state index is 11.6. The van der Waals surface area contributed by atoms with Crippen LogP contribution in [0.5, 0.6) is 0 Å². The highest BCUT2D eigenvalue weighted by atomic mass is 16.4. The van der Waals surface area contributed by atoms with E-state index in [4.69, 9.17) is 5.11 Å². The number of hydrogen-bond acceptors (Lipinski definition) is 4. The molecule has 8 heteroatoms. The summed E-state index contributed by atoms with van der Waals surface area (Å²) in [4.78, 5) is 27.5. The smallest absolute Gasteiger partial charge is 0.326 e. The van der Waals surface area contributed by atoms with E-state index in [1.807, 2.05) is 0 Å². The van der Waals surface area contributed by atoms with Crippen molar-refractivity contribution in [1.29, 1.82) is 0 Å². The Hall–Kier alpha value is -2.12. The lowest BCUT2D eigenvalue weighted by atomic mass is 10.2. The van der Waals surface area contributed by atoms with Gasteiger partial charge in [-0.3, -0.25) is 5.10 Å². The van der Waals surface area contributed by atoms with Crippen molar-refractivity contribution >= 4 is 12.0 Å². The molecule has 17 heavy (non-hydrogen) atoms. The van der Waals surface area contributed by atoms with Gasteiger partial charge in [0.05, 0.1) is 6.54 Å². The zero-order valence-corrected chi connectivity index (χ0v) is 9.67. The SMILES string of the molecule is CCC(C(=O)O)N(C)C(=O)NCc1ncn[nH]1. The lowest BCUT2D eigenvalue weighted by Crippen LogP contribution is -2.46. The maximum absolute atomic E-state index is 11.6. The number of nitrogens with zero attached hydrogens (tertiary/aromatic N) is 3. The number of carbonyl (C=O) groups excluding carboxylic acids is 1. The molecule has 2 amide bonds. The number of amides is 2. The summed E-state index contributed by atoms with van der Waals surface area (Å²) in [5.74, 6) is -0.514. The zero-order valence-electron chi connectivity index (χ0n) is 9.67. The van der Waals surface area contributed by atoms with E-state index in [1.165, 1.54) is 13.4 Å². The second-order valence-corrected chi connectivity index (χ2v) is 3.46. The van der Waals surface area contributed by atoms with Gasteiger partial charge in [0, 0.05) is 7.05 Å². The van der Waals surface area contributed by atoms with Crippen LogP contribution in [0.4, 0.5) is 4.79 Å². The molecule has 1 heterocycles. The molecular formula is C9H15N5O3. The van der Waals surface area contributed by atoms with E-state index in [2.05, 4.69) is 20.5 Å². The molecule has 0 bridgehead atoms. The summed E-state index contributed by atoms with van der Waals surface area (Å²) in [5, 5.41) is 17.7. The second kappa shape index (κ2) is 5.83. The molecule has 94 valence electrons. The lowest BCUT2D eigenvalue weighted by Gasteiger charge is -2.23. The topological polar surface area (TPSA) is 111 Å². The molecule has 0 saturated carbocycles. The number of carboxylic acids is 1. The molecule has 0 spiro atoms. The molecule has 1 aromatic heterocycles. The Morgan fingerprint density at radius 1 is 1.65 bits per heavy atom. The summed E-state index contributed by atoms with van der Waals surface area (Å²) in [5.41, 5.74) is 0. The molecule has 0 saturated heterocycles. The molecule has 0 fully saturated rings. The van der Waals surface area contributed by atoms with Crippen molar-refractivity contribution < 1.29 is 14.7 Å². The molecule has 1 atom stereocenters. The first-order valence-electron chi connectivity index (χ1n) is 5.14. The summed E-state index contributed by atoms with van der Waals surface area (Å²) in [7, 11) is 1.44. The van der Waals surface area contributed by atoms with Gasteiger partial charge in [0.15, 0.2) is 0 Å². The van der Waals surface area contributed by atoms with Crippen LogP contribution in [0.15, 0.2) is 6.33 Å². The van der Waals surface area contributed by atoms with E-state index >= 15 is 0 Å². The predicted octanol–water partition coefficient (Wildman–Crippen LogP) is -0.191. The number of nitrogens with one attached hydrogen (secondary N) is 2. The monoisotopic (exact) mass is 241 g/mol. The molecular weight excluding hydrogens is 226 g/mol. The summed E-state index contributed by atoms with van der Waals surface area (Å²) < 4.78 is 0. The number of H-pyrrole nitrogens is 1. The van der Waals surface area contributed by atoms with Crippen LogP contribution in [0, 0.1) is 0 Å². The standard InChI is InChI=1S/C9H15N5O3/c1-3-6(8(15)16)14(2)9(17)10-4-7-11-5-12-13-7/h5-6H,3-4H2,1-2H3,(H,10,17)(H,15,16)(H,11,12,13). The Bertz CT molecular complexity index is 378. The molecule has 0 radical (unpaired) electrons. The van der Waals surface area contributed by atoms with Gasteiger partial charge < -0.3 is 15.3 Å². The number of carboxylic acid groups (broad SMARTS) is 1. The minimum atomic E-state index is -1.02. The largest absolute Gasteiger partial charge is 0.480 e.